The minimum Gasteiger partial charge on any atom is -0.382 e. The van der Waals surface area contributed by atoms with E-state index in [4.69, 9.17) is 0 Å². The maximum Gasteiger partial charge on any atom is 0.0353 e. The van der Waals surface area contributed by atoms with Crippen LogP contribution in [0, 0.1) is 5.92 Å². The van der Waals surface area contributed by atoms with Crippen molar-refractivity contribution in [3.05, 3.63) is 24.3 Å². The van der Waals surface area contributed by atoms with Gasteiger partial charge in [-0.1, -0.05) is 25.8 Å². The van der Waals surface area contributed by atoms with Gasteiger partial charge in [0.1, 0.15) is 0 Å². The van der Waals surface area contributed by atoms with E-state index in [0.29, 0.717) is 6.04 Å². The second-order valence-corrected chi connectivity index (χ2v) is 5.46. The van der Waals surface area contributed by atoms with Gasteiger partial charge in [0.15, 0.2) is 0 Å². The van der Waals surface area contributed by atoms with E-state index < -0.39 is 0 Å². The maximum absolute atomic E-state index is 3.70. The van der Waals surface area contributed by atoms with Gasteiger partial charge in [0, 0.05) is 16.6 Å². The van der Waals surface area contributed by atoms with Crippen LogP contribution in [-0.2, 0) is 0 Å². The summed E-state index contributed by atoms with van der Waals surface area (Å²) < 4.78 is 0. The lowest BCUT2D eigenvalue weighted by molar-refractivity contribution is 0.489. The number of thioether (sulfide) groups is 1. The quantitative estimate of drug-likeness (QED) is 0.776. The summed E-state index contributed by atoms with van der Waals surface area (Å²) >= 11 is 1.81. The molecule has 2 heteroatoms. The molecule has 0 bridgehead atoms. The smallest absolute Gasteiger partial charge is 0.0353 e. The van der Waals surface area contributed by atoms with Crippen LogP contribution in [0.25, 0.3) is 0 Å². The Bertz CT molecular complexity index is 337. The molecule has 2 unspecified atom stereocenters. The molecule has 1 aromatic carbocycles. The van der Waals surface area contributed by atoms with Gasteiger partial charge in [-0.25, -0.2) is 0 Å². The SMILES string of the molecule is CCC1CCCC1Nc1cccc(SC)c1. The Morgan fingerprint density at radius 3 is 3.00 bits per heavy atom. The third kappa shape index (κ3) is 2.73. The standard InChI is InChI=1S/C14H21NS/c1-3-11-6-4-9-14(11)15-12-7-5-8-13(10-12)16-2/h5,7-8,10-11,14-15H,3-4,6,9H2,1-2H3. The van der Waals surface area contributed by atoms with Crippen LogP contribution in [-0.4, -0.2) is 12.3 Å². The van der Waals surface area contributed by atoms with Gasteiger partial charge in [0.25, 0.3) is 0 Å². The van der Waals surface area contributed by atoms with E-state index in [1.165, 1.54) is 36.3 Å². The van der Waals surface area contributed by atoms with Crippen molar-refractivity contribution in [3.8, 4) is 0 Å². The number of anilines is 1. The van der Waals surface area contributed by atoms with Crippen molar-refractivity contribution in [3.63, 3.8) is 0 Å². The molecule has 88 valence electrons. The second-order valence-electron chi connectivity index (χ2n) is 4.58. The molecule has 0 heterocycles. The van der Waals surface area contributed by atoms with E-state index in [2.05, 4.69) is 42.8 Å². The average Bonchev–Trinajstić information content (AvgIpc) is 2.76. The third-order valence-corrected chi connectivity index (χ3v) is 4.33. The third-order valence-electron chi connectivity index (χ3n) is 3.61. The van der Waals surface area contributed by atoms with Gasteiger partial charge in [0.2, 0.25) is 0 Å². The fourth-order valence-corrected chi connectivity index (χ4v) is 3.10. The van der Waals surface area contributed by atoms with E-state index in [-0.39, 0.29) is 0 Å². The monoisotopic (exact) mass is 235 g/mol. The molecule has 1 N–H and O–H groups in total. The number of hydrogen-bond donors (Lipinski definition) is 1. The van der Waals surface area contributed by atoms with E-state index in [1.54, 1.807) is 0 Å². The van der Waals surface area contributed by atoms with Gasteiger partial charge < -0.3 is 5.32 Å². The lowest BCUT2D eigenvalue weighted by Crippen LogP contribution is -2.23. The summed E-state index contributed by atoms with van der Waals surface area (Å²) in [5, 5.41) is 3.70. The molecular formula is C14H21NS. The van der Waals surface area contributed by atoms with E-state index in [9.17, 15) is 0 Å². The fourth-order valence-electron chi connectivity index (χ4n) is 2.64. The first-order chi connectivity index (χ1) is 7.83. The van der Waals surface area contributed by atoms with Crippen LogP contribution in [0.15, 0.2) is 29.2 Å². The molecule has 16 heavy (non-hydrogen) atoms. The van der Waals surface area contributed by atoms with Crippen LogP contribution in [0.2, 0.25) is 0 Å². The molecule has 2 rings (SSSR count). The van der Waals surface area contributed by atoms with Gasteiger partial charge in [-0.3, -0.25) is 0 Å². The average molecular weight is 235 g/mol. The van der Waals surface area contributed by atoms with Gasteiger partial charge in [-0.15, -0.1) is 11.8 Å². The van der Waals surface area contributed by atoms with Gasteiger partial charge in [0.05, 0.1) is 0 Å². The number of nitrogens with one attached hydrogen (secondary N) is 1. The lowest BCUT2D eigenvalue weighted by atomic mass is 10.0. The van der Waals surface area contributed by atoms with Crippen LogP contribution in [0.4, 0.5) is 5.69 Å². The molecule has 2 atom stereocenters. The zero-order valence-corrected chi connectivity index (χ0v) is 11.0. The normalized spacial score (nSPS) is 24.6. The summed E-state index contributed by atoms with van der Waals surface area (Å²) in [5.41, 5.74) is 1.29. The lowest BCUT2D eigenvalue weighted by Gasteiger charge is -2.21. The van der Waals surface area contributed by atoms with Gasteiger partial charge in [-0.2, -0.15) is 0 Å². The first-order valence-electron chi connectivity index (χ1n) is 6.24. The topological polar surface area (TPSA) is 12.0 Å². The molecule has 1 nitrogen and oxygen atoms in total. The Labute approximate surface area is 103 Å². The van der Waals surface area contributed by atoms with E-state index in [1.807, 2.05) is 11.8 Å². The number of hydrogen-bond acceptors (Lipinski definition) is 2. The first kappa shape index (κ1) is 11.8. The second kappa shape index (κ2) is 5.62. The zero-order chi connectivity index (χ0) is 11.4. The first-order valence-corrected chi connectivity index (χ1v) is 7.46. The molecule has 1 aliphatic rings. The predicted octanol–water partition coefficient (Wildman–Crippen LogP) is 4.40. The largest absolute Gasteiger partial charge is 0.382 e. The van der Waals surface area contributed by atoms with E-state index >= 15 is 0 Å². The van der Waals surface area contributed by atoms with Crippen molar-refractivity contribution in [1.29, 1.82) is 0 Å². The van der Waals surface area contributed by atoms with Crippen molar-refractivity contribution < 1.29 is 0 Å². The minimum atomic E-state index is 0.696. The van der Waals surface area contributed by atoms with Crippen molar-refractivity contribution in [1.82, 2.24) is 0 Å². The van der Waals surface area contributed by atoms with Crippen molar-refractivity contribution >= 4 is 17.4 Å². The molecule has 1 aromatic rings. The van der Waals surface area contributed by atoms with Gasteiger partial charge in [-0.05, 0) is 43.2 Å². The predicted molar refractivity (Wildman–Crippen MR) is 73.3 cm³/mol. The Morgan fingerprint density at radius 2 is 2.25 bits per heavy atom. The molecule has 1 aliphatic carbocycles. The molecule has 0 saturated heterocycles. The van der Waals surface area contributed by atoms with E-state index in [0.717, 1.165) is 5.92 Å². The van der Waals surface area contributed by atoms with Crippen molar-refractivity contribution in [2.45, 2.75) is 43.5 Å². The molecule has 0 aliphatic heterocycles. The van der Waals surface area contributed by atoms with Crippen LogP contribution < -0.4 is 5.32 Å². The molecule has 0 spiro atoms. The summed E-state index contributed by atoms with van der Waals surface area (Å²) in [6, 6.07) is 9.45. The summed E-state index contributed by atoms with van der Waals surface area (Å²) in [6.07, 6.45) is 7.56. The van der Waals surface area contributed by atoms with Gasteiger partial charge >= 0.3 is 0 Å². The molecule has 0 aromatic heterocycles. The molecule has 0 amide bonds. The van der Waals surface area contributed by atoms with Crippen LogP contribution in [0.3, 0.4) is 0 Å². The van der Waals surface area contributed by atoms with Crippen LogP contribution in [0.1, 0.15) is 32.6 Å². The summed E-state index contributed by atoms with van der Waals surface area (Å²) in [4.78, 5) is 1.34. The van der Waals surface area contributed by atoms with Crippen molar-refractivity contribution in [2.24, 2.45) is 5.92 Å². The molecule has 0 radical (unpaired) electrons. The summed E-state index contributed by atoms with van der Waals surface area (Å²) in [6.45, 7) is 2.31. The fraction of sp³-hybridized carbons (Fsp3) is 0.571. The van der Waals surface area contributed by atoms with Crippen LogP contribution in [0.5, 0.6) is 0 Å². The Balaban J connectivity index is 2.02. The number of benzene rings is 1. The molecular weight excluding hydrogens is 214 g/mol. The highest BCUT2D eigenvalue weighted by Crippen LogP contribution is 2.31. The Kier molecular flexibility index (Phi) is 4.16. The Hall–Kier alpha value is -0.630. The van der Waals surface area contributed by atoms with Crippen LogP contribution >= 0.6 is 11.8 Å². The molecule has 1 fully saturated rings. The number of rotatable bonds is 4. The highest BCUT2D eigenvalue weighted by atomic mass is 32.2. The maximum atomic E-state index is 3.70. The zero-order valence-electron chi connectivity index (χ0n) is 10.2. The molecule has 1 saturated carbocycles. The highest BCUT2D eigenvalue weighted by Gasteiger charge is 2.25. The summed E-state index contributed by atoms with van der Waals surface area (Å²) in [5.74, 6) is 0.873. The minimum absolute atomic E-state index is 0.696. The summed E-state index contributed by atoms with van der Waals surface area (Å²) in [7, 11) is 0. The highest BCUT2D eigenvalue weighted by molar-refractivity contribution is 7.98. The van der Waals surface area contributed by atoms with Crippen molar-refractivity contribution in [2.75, 3.05) is 11.6 Å². The Morgan fingerprint density at radius 1 is 1.38 bits per heavy atom.